The van der Waals surface area contributed by atoms with Gasteiger partial charge in [0.1, 0.15) is 0 Å². The van der Waals surface area contributed by atoms with Crippen LogP contribution in [0.5, 0.6) is 0 Å². The van der Waals surface area contributed by atoms with Gasteiger partial charge in [0.05, 0.1) is 0 Å². The molecule has 0 aliphatic rings. The topological polar surface area (TPSA) is 59.7 Å². The molecule has 0 fully saturated rings. The van der Waals surface area contributed by atoms with Gasteiger partial charge in [-0.05, 0) is 0 Å². The van der Waals surface area contributed by atoms with Gasteiger partial charge in [-0.1, -0.05) is 0 Å². The molecule has 0 aromatic heterocycles. The van der Waals surface area contributed by atoms with Crippen molar-refractivity contribution < 1.29 is 30.7 Å². The van der Waals surface area contributed by atoms with Crippen LogP contribution >= 0.6 is 0 Å². The Hall–Kier alpha value is -0.274. The molecule has 0 amide bonds. The van der Waals surface area contributed by atoms with Gasteiger partial charge < -0.3 is 0 Å². The first-order valence-electron chi connectivity index (χ1n) is 0.612. The predicted octanol–water partition coefficient (Wildman–Crippen LogP) is -0.115. The third-order valence-electron chi connectivity index (χ3n) is 0. The fourth-order valence-electron chi connectivity index (χ4n) is 0. The molecule has 0 saturated heterocycles. The molecule has 0 unspecified atom stereocenters. The fraction of sp³-hybridized carbons (Fsp3) is 0. The van der Waals surface area contributed by atoms with Gasteiger partial charge in [0.25, 0.3) is 0 Å². The number of hydrogen-bond donors (Lipinski definition) is 0. The molecule has 0 heterocycles. The van der Waals surface area contributed by atoms with Crippen molar-refractivity contribution in [2.75, 3.05) is 0 Å². The van der Waals surface area contributed by atoms with Crippen LogP contribution < -0.4 is 0 Å². The summed E-state index contributed by atoms with van der Waals surface area (Å²) >= 11 is 0. The molecule has 0 saturated carbocycles. The summed E-state index contributed by atoms with van der Waals surface area (Å²) in [7, 11) is 0. The Morgan fingerprint density at radius 2 is 0.571 bits per heavy atom. The molecular formula is C3CoO3+2. The maximum absolute atomic E-state index is 7.50. The molecule has 0 aliphatic carbocycles. The van der Waals surface area contributed by atoms with E-state index in [1.165, 1.54) is 0 Å². The van der Waals surface area contributed by atoms with Gasteiger partial charge in [0.2, 0.25) is 0 Å². The van der Waals surface area contributed by atoms with E-state index in [1.807, 2.05) is 0 Å². The van der Waals surface area contributed by atoms with Gasteiger partial charge in [-0.2, -0.15) is 0 Å². The van der Waals surface area contributed by atoms with Crippen LogP contribution in [0.25, 0.3) is 0 Å². The zero-order valence-corrected chi connectivity index (χ0v) is 4.10. The van der Waals surface area contributed by atoms with Crippen molar-refractivity contribution in [3.8, 4) is 0 Å². The Bertz CT molecular complexity index is 38.7. The minimum absolute atomic E-state index is 0. The fourth-order valence-corrected chi connectivity index (χ4v) is 0. The number of rotatable bonds is 0. The van der Waals surface area contributed by atoms with Gasteiger partial charge >= 0.3 is 50.7 Å². The molecular weight excluding hydrogens is 143 g/mol. The van der Waals surface area contributed by atoms with Crippen LogP contribution in [-0.4, -0.2) is 0 Å². The van der Waals surface area contributed by atoms with Crippen LogP contribution in [0.2, 0.25) is 0 Å². The van der Waals surface area contributed by atoms with Gasteiger partial charge in [-0.3, -0.25) is 0 Å². The third kappa shape index (κ3) is 1060. The summed E-state index contributed by atoms with van der Waals surface area (Å²) in [5, 5.41) is 0. The molecule has 0 aromatic rings. The molecule has 0 spiro atoms. The van der Waals surface area contributed by atoms with Gasteiger partial charge in [-0.25, -0.2) is 0 Å². The smallest absolute Gasteiger partial charge is 2.00 e. The molecule has 0 rings (SSSR count). The van der Waals surface area contributed by atoms with E-state index in [1.54, 1.807) is 0 Å². The summed E-state index contributed by atoms with van der Waals surface area (Å²) in [6.07, 6.45) is 0. The summed E-state index contributed by atoms with van der Waals surface area (Å²) < 4.78 is 22.5. The molecule has 0 aromatic carbocycles. The average Bonchev–Trinajstić information content (AvgIpc) is 1.81. The monoisotopic (exact) mass is 143 g/mol. The Kier molecular flexibility index (Phi) is 7250. The summed E-state index contributed by atoms with van der Waals surface area (Å²) in [6, 6.07) is 0. The minimum atomic E-state index is 0. The molecule has 0 atom stereocenters. The van der Waals surface area contributed by atoms with Crippen LogP contribution in [0.3, 0.4) is 0 Å². The van der Waals surface area contributed by atoms with Crippen LogP contribution in [0, 0.1) is 20.0 Å². The molecule has 37 valence electrons. The molecule has 4 heteroatoms. The van der Waals surface area contributed by atoms with Crippen molar-refractivity contribution in [3.05, 3.63) is 20.0 Å². The largest absolute Gasteiger partial charge is 2.00 e. The van der Waals surface area contributed by atoms with Crippen molar-refractivity contribution in [2.24, 2.45) is 0 Å². The van der Waals surface area contributed by atoms with Crippen molar-refractivity contribution in [1.29, 1.82) is 0 Å². The van der Waals surface area contributed by atoms with E-state index >= 15 is 0 Å². The average molecular weight is 143 g/mol. The van der Waals surface area contributed by atoms with Crippen LogP contribution in [0.4, 0.5) is 0 Å². The van der Waals surface area contributed by atoms with E-state index in [9.17, 15) is 0 Å². The second kappa shape index (κ2) is 1710. The van der Waals surface area contributed by atoms with E-state index in [2.05, 4.69) is 20.0 Å². The summed E-state index contributed by atoms with van der Waals surface area (Å²) in [5.74, 6) is 0. The summed E-state index contributed by atoms with van der Waals surface area (Å²) in [4.78, 5) is 0. The maximum Gasteiger partial charge on any atom is 2.00 e. The second-order valence-corrected chi connectivity index (χ2v) is 0. The second-order valence-electron chi connectivity index (χ2n) is 0. The van der Waals surface area contributed by atoms with Crippen LogP contribution in [-0.2, 0) is 30.7 Å². The standard InChI is InChI=1S/3CO.Co/c3*1-2;/q;;;+2. The van der Waals surface area contributed by atoms with Gasteiger partial charge in [0, 0.05) is 0 Å². The zero-order valence-electron chi connectivity index (χ0n) is 3.06. The first-order valence-corrected chi connectivity index (χ1v) is 0.612. The first kappa shape index (κ1) is 29.7. The Labute approximate surface area is 51.4 Å². The van der Waals surface area contributed by atoms with Crippen LogP contribution in [0.15, 0.2) is 0 Å². The minimum Gasteiger partial charge on any atom is 2.00 e. The van der Waals surface area contributed by atoms with E-state index in [4.69, 9.17) is 14.0 Å². The van der Waals surface area contributed by atoms with E-state index in [-0.39, 0.29) is 16.8 Å². The Morgan fingerprint density at radius 1 is 0.571 bits per heavy atom. The van der Waals surface area contributed by atoms with Crippen molar-refractivity contribution in [2.45, 2.75) is 0 Å². The number of hydrogen-bond acceptors (Lipinski definition) is 0. The van der Waals surface area contributed by atoms with Crippen molar-refractivity contribution in [1.82, 2.24) is 0 Å². The van der Waals surface area contributed by atoms with E-state index < -0.39 is 0 Å². The summed E-state index contributed by atoms with van der Waals surface area (Å²) in [6.45, 7) is 13.5. The first-order chi connectivity index (χ1) is 3.00. The molecule has 0 aliphatic heterocycles. The van der Waals surface area contributed by atoms with Gasteiger partial charge in [0.15, 0.2) is 0 Å². The quantitative estimate of drug-likeness (QED) is 0.335. The third-order valence-corrected chi connectivity index (χ3v) is 0. The Morgan fingerprint density at radius 3 is 0.571 bits per heavy atom. The molecule has 7 heavy (non-hydrogen) atoms. The molecule has 1 radical (unpaired) electrons. The maximum atomic E-state index is 7.50. The normalized spacial score (nSPS) is 0.857. The van der Waals surface area contributed by atoms with Crippen molar-refractivity contribution >= 4 is 0 Å². The SMILES string of the molecule is [C-]#[O+].[C-]#[O+].[C-]#[O+].[Co+2]. The van der Waals surface area contributed by atoms with Gasteiger partial charge in [-0.15, -0.1) is 0 Å². The van der Waals surface area contributed by atoms with Crippen molar-refractivity contribution in [3.63, 3.8) is 0 Å². The molecule has 3 nitrogen and oxygen atoms in total. The van der Waals surface area contributed by atoms with Crippen LogP contribution in [0.1, 0.15) is 0 Å². The van der Waals surface area contributed by atoms with E-state index in [0.717, 1.165) is 0 Å². The molecule has 0 N–H and O–H groups in total. The molecule has 0 bridgehead atoms. The summed E-state index contributed by atoms with van der Waals surface area (Å²) in [5.41, 5.74) is 0. The zero-order chi connectivity index (χ0) is 6.00. The Balaban J connectivity index is -0.00000000900. The van der Waals surface area contributed by atoms with E-state index in [0.29, 0.717) is 0 Å². The predicted molar refractivity (Wildman–Crippen MR) is 11.8 cm³/mol.